The van der Waals surface area contributed by atoms with Gasteiger partial charge in [-0.2, -0.15) is 0 Å². The van der Waals surface area contributed by atoms with Gasteiger partial charge < -0.3 is 4.57 Å². The molecule has 1 heterocycles. The van der Waals surface area contributed by atoms with Gasteiger partial charge in [-0.25, -0.2) is 4.99 Å². The average Bonchev–Trinajstić information content (AvgIpc) is 3.03. The lowest BCUT2D eigenvalue weighted by atomic mass is 10.0. The molecule has 0 aliphatic carbocycles. The van der Waals surface area contributed by atoms with Gasteiger partial charge in [-0.05, 0) is 34.9 Å². The Morgan fingerprint density at radius 1 is 0.926 bits per heavy atom. The summed E-state index contributed by atoms with van der Waals surface area (Å²) in [5.74, 6) is 0.680. The third-order valence-electron chi connectivity index (χ3n) is 4.80. The topological polar surface area (TPSA) is 17.3 Å². The number of fused-ring (bicyclic) bond motifs is 1. The molecular weight excluding hydrogens is 348 g/mol. The van der Waals surface area contributed by atoms with Gasteiger partial charge in [-0.1, -0.05) is 74.5 Å². The van der Waals surface area contributed by atoms with E-state index in [1.165, 1.54) is 27.6 Å². The van der Waals surface area contributed by atoms with Gasteiger partial charge in [0.25, 0.3) is 0 Å². The average molecular weight is 373 g/mol. The summed E-state index contributed by atoms with van der Waals surface area (Å²) in [5, 5.41) is 4.61. The van der Waals surface area contributed by atoms with Crippen LogP contribution in [0.5, 0.6) is 0 Å². The number of hydrogen-bond donors (Lipinski definition) is 0. The van der Waals surface area contributed by atoms with E-state index in [1.807, 2.05) is 0 Å². The minimum atomic E-state index is 0.680. The third kappa shape index (κ3) is 3.74. The van der Waals surface area contributed by atoms with Crippen LogP contribution in [0.2, 0.25) is 0 Å². The Morgan fingerprint density at radius 3 is 2.44 bits per heavy atom. The van der Waals surface area contributed by atoms with Gasteiger partial charge in [-0.3, -0.25) is 0 Å². The molecule has 0 atom stereocenters. The predicted molar refractivity (Wildman–Crippen MR) is 116 cm³/mol. The lowest BCUT2D eigenvalue weighted by molar-refractivity contribution is 0.647. The van der Waals surface area contributed by atoms with Crippen molar-refractivity contribution in [2.45, 2.75) is 20.3 Å². The van der Waals surface area contributed by atoms with Gasteiger partial charge in [0.2, 0.25) is 0 Å². The molecule has 4 rings (SSSR count). The third-order valence-corrected chi connectivity index (χ3v) is 5.72. The molecule has 0 fully saturated rings. The molecule has 0 aliphatic heterocycles. The second-order valence-corrected chi connectivity index (χ2v) is 8.20. The molecule has 0 bridgehead atoms. The normalized spacial score (nSPS) is 12.2. The van der Waals surface area contributed by atoms with E-state index in [-0.39, 0.29) is 0 Å². The second-order valence-electron chi connectivity index (χ2n) is 7.37. The van der Waals surface area contributed by atoms with Crippen LogP contribution in [0.4, 0.5) is 5.69 Å². The Kier molecular flexibility index (Phi) is 4.95. The lowest BCUT2D eigenvalue weighted by Gasteiger charge is -2.07. The van der Waals surface area contributed by atoms with Crippen molar-refractivity contribution in [3.63, 3.8) is 0 Å². The highest BCUT2D eigenvalue weighted by Crippen LogP contribution is 2.26. The number of nitrogens with zero attached hydrogens (tertiary/aromatic N) is 2. The molecule has 4 aromatic rings. The van der Waals surface area contributed by atoms with Gasteiger partial charge in [-0.15, -0.1) is 11.3 Å². The quantitative estimate of drug-likeness (QED) is 0.398. The molecule has 0 aliphatic rings. The highest BCUT2D eigenvalue weighted by atomic mass is 32.1. The molecule has 136 valence electrons. The van der Waals surface area contributed by atoms with E-state index in [2.05, 4.69) is 97.6 Å². The molecule has 0 spiro atoms. The zero-order valence-electron chi connectivity index (χ0n) is 16.0. The molecule has 27 heavy (non-hydrogen) atoms. The van der Waals surface area contributed by atoms with Gasteiger partial charge in [0.05, 0.1) is 11.4 Å². The van der Waals surface area contributed by atoms with Crippen LogP contribution < -0.4 is 4.80 Å². The minimum Gasteiger partial charge on any atom is -0.320 e. The molecule has 0 saturated heterocycles. The van der Waals surface area contributed by atoms with Crippen LogP contribution in [0.15, 0.2) is 77.1 Å². The van der Waals surface area contributed by atoms with Crippen LogP contribution in [0.1, 0.15) is 19.4 Å². The molecule has 3 aromatic carbocycles. The maximum Gasteiger partial charge on any atom is 0.190 e. The SMILES string of the molecule is CC(C)Cc1ccc(-c2csc(=Nc3cccc4ccccc34)n2C)cc1. The summed E-state index contributed by atoms with van der Waals surface area (Å²) in [6.07, 6.45) is 1.12. The zero-order chi connectivity index (χ0) is 18.8. The van der Waals surface area contributed by atoms with Crippen LogP contribution in [0.25, 0.3) is 22.0 Å². The number of benzene rings is 3. The molecular formula is C24H24N2S. The fourth-order valence-electron chi connectivity index (χ4n) is 3.42. The van der Waals surface area contributed by atoms with E-state index < -0.39 is 0 Å². The fourth-order valence-corrected chi connectivity index (χ4v) is 4.34. The fraction of sp³-hybridized carbons (Fsp3) is 0.208. The molecule has 0 unspecified atom stereocenters. The number of hydrogen-bond acceptors (Lipinski definition) is 2. The summed E-state index contributed by atoms with van der Waals surface area (Å²) >= 11 is 1.69. The van der Waals surface area contributed by atoms with Crippen molar-refractivity contribution in [3.05, 3.63) is 82.5 Å². The van der Waals surface area contributed by atoms with Crippen molar-refractivity contribution < 1.29 is 0 Å². The monoisotopic (exact) mass is 372 g/mol. The lowest BCUT2D eigenvalue weighted by Crippen LogP contribution is -2.10. The van der Waals surface area contributed by atoms with Crippen LogP contribution in [0.3, 0.4) is 0 Å². The highest BCUT2D eigenvalue weighted by molar-refractivity contribution is 7.07. The van der Waals surface area contributed by atoms with Gasteiger partial charge >= 0.3 is 0 Å². The Bertz CT molecular complexity index is 1130. The van der Waals surface area contributed by atoms with Gasteiger partial charge in [0, 0.05) is 17.8 Å². The summed E-state index contributed by atoms with van der Waals surface area (Å²) in [4.78, 5) is 5.96. The first kappa shape index (κ1) is 17.7. The van der Waals surface area contributed by atoms with E-state index >= 15 is 0 Å². The Balaban J connectivity index is 1.73. The zero-order valence-corrected chi connectivity index (χ0v) is 16.8. The predicted octanol–water partition coefficient (Wildman–Crippen LogP) is 6.34. The first-order valence-electron chi connectivity index (χ1n) is 9.38. The van der Waals surface area contributed by atoms with Crippen LogP contribution in [-0.4, -0.2) is 4.57 Å². The second kappa shape index (κ2) is 7.53. The number of thiazole rings is 1. The minimum absolute atomic E-state index is 0.680. The molecule has 2 nitrogen and oxygen atoms in total. The number of aromatic nitrogens is 1. The molecule has 0 amide bonds. The van der Waals surface area contributed by atoms with Crippen LogP contribution >= 0.6 is 11.3 Å². The van der Waals surface area contributed by atoms with Crippen molar-refractivity contribution in [3.8, 4) is 11.3 Å². The summed E-state index contributed by atoms with van der Waals surface area (Å²) in [6, 6.07) is 23.6. The van der Waals surface area contributed by atoms with E-state index in [0.717, 1.165) is 16.9 Å². The van der Waals surface area contributed by atoms with E-state index in [4.69, 9.17) is 4.99 Å². The van der Waals surface area contributed by atoms with Crippen molar-refractivity contribution in [1.82, 2.24) is 4.57 Å². The highest BCUT2D eigenvalue weighted by Gasteiger charge is 2.06. The maximum absolute atomic E-state index is 4.95. The molecule has 0 N–H and O–H groups in total. The summed E-state index contributed by atoms with van der Waals surface area (Å²) in [5.41, 5.74) is 4.85. The Hall–Kier alpha value is -2.65. The van der Waals surface area contributed by atoms with Crippen LogP contribution in [0, 0.1) is 5.92 Å². The first-order valence-corrected chi connectivity index (χ1v) is 10.3. The largest absolute Gasteiger partial charge is 0.320 e. The van der Waals surface area contributed by atoms with Crippen LogP contribution in [-0.2, 0) is 13.5 Å². The van der Waals surface area contributed by atoms with Gasteiger partial charge in [0.15, 0.2) is 4.80 Å². The van der Waals surface area contributed by atoms with Crippen molar-refractivity contribution >= 4 is 27.8 Å². The summed E-state index contributed by atoms with van der Waals surface area (Å²) in [7, 11) is 2.10. The summed E-state index contributed by atoms with van der Waals surface area (Å²) in [6.45, 7) is 4.52. The molecule has 3 heteroatoms. The van der Waals surface area contributed by atoms with E-state index in [0.29, 0.717) is 5.92 Å². The van der Waals surface area contributed by atoms with Crippen molar-refractivity contribution in [2.24, 2.45) is 18.0 Å². The maximum atomic E-state index is 4.95. The first-order chi connectivity index (χ1) is 13.1. The van der Waals surface area contributed by atoms with Crippen molar-refractivity contribution in [2.75, 3.05) is 0 Å². The standard InChI is InChI=1S/C24H24N2S/c1-17(2)15-18-11-13-20(14-12-18)23-16-27-24(26(23)3)25-22-10-6-8-19-7-4-5-9-21(19)22/h4-14,16-17H,15H2,1-3H3. The molecule has 0 radical (unpaired) electrons. The van der Waals surface area contributed by atoms with E-state index in [1.54, 1.807) is 11.3 Å². The number of rotatable bonds is 4. The Labute approximate surface area is 164 Å². The Morgan fingerprint density at radius 2 is 1.67 bits per heavy atom. The summed E-state index contributed by atoms with van der Waals surface area (Å²) < 4.78 is 2.18. The smallest absolute Gasteiger partial charge is 0.190 e. The van der Waals surface area contributed by atoms with Gasteiger partial charge in [0.1, 0.15) is 0 Å². The van der Waals surface area contributed by atoms with E-state index in [9.17, 15) is 0 Å². The molecule has 0 saturated carbocycles. The molecule has 1 aromatic heterocycles. The van der Waals surface area contributed by atoms with Crippen molar-refractivity contribution in [1.29, 1.82) is 0 Å².